The van der Waals surface area contributed by atoms with Crippen LogP contribution in [0, 0.1) is 5.82 Å². The van der Waals surface area contributed by atoms with Gasteiger partial charge in [0.05, 0.1) is 18.0 Å². The third-order valence-corrected chi connectivity index (χ3v) is 4.72. The molecule has 1 heterocycles. The summed E-state index contributed by atoms with van der Waals surface area (Å²) in [6.45, 7) is 1.94. The molecule has 1 aromatic heterocycles. The smallest absolute Gasteiger partial charge is 0.358 e. The summed E-state index contributed by atoms with van der Waals surface area (Å²) in [6.07, 6.45) is 0. The molecule has 0 aliphatic rings. The van der Waals surface area contributed by atoms with Gasteiger partial charge in [-0.3, -0.25) is 4.79 Å². The van der Waals surface area contributed by atoms with E-state index in [2.05, 4.69) is 10.4 Å². The SMILES string of the molecule is CCOC(=O)c1cc(-c2cccc(NC(=O)c3ccccc3)c2)n(-c2ccc(F)cc2)n1. The van der Waals surface area contributed by atoms with Crippen LogP contribution in [0.25, 0.3) is 16.9 Å². The minimum atomic E-state index is -0.553. The van der Waals surface area contributed by atoms with Gasteiger partial charge in [-0.2, -0.15) is 5.10 Å². The van der Waals surface area contributed by atoms with Gasteiger partial charge in [-0.05, 0) is 61.5 Å². The number of halogens is 1. The molecule has 0 fully saturated rings. The van der Waals surface area contributed by atoms with Crippen LogP contribution in [0.5, 0.6) is 0 Å². The number of amides is 1. The number of carbonyl (C=O) groups is 2. The number of hydrogen-bond donors (Lipinski definition) is 1. The normalized spacial score (nSPS) is 10.6. The van der Waals surface area contributed by atoms with Crippen LogP contribution < -0.4 is 5.32 Å². The molecule has 7 heteroatoms. The lowest BCUT2D eigenvalue weighted by atomic mass is 10.1. The van der Waals surface area contributed by atoms with E-state index in [-0.39, 0.29) is 24.0 Å². The summed E-state index contributed by atoms with van der Waals surface area (Å²) in [4.78, 5) is 24.8. The fourth-order valence-electron chi connectivity index (χ4n) is 3.22. The number of nitrogens with one attached hydrogen (secondary N) is 1. The number of anilines is 1. The van der Waals surface area contributed by atoms with Crippen LogP contribution in [0.4, 0.5) is 10.1 Å². The maximum absolute atomic E-state index is 13.4. The fourth-order valence-corrected chi connectivity index (χ4v) is 3.22. The Kier molecular flexibility index (Phi) is 6.07. The largest absolute Gasteiger partial charge is 0.461 e. The van der Waals surface area contributed by atoms with E-state index in [1.54, 1.807) is 72.3 Å². The predicted molar refractivity (Wildman–Crippen MR) is 119 cm³/mol. The summed E-state index contributed by atoms with van der Waals surface area (Å²) in [5.41, 5.74) is 3.14. The molecule has 0 spiro atoms. The van der Waals surface area contributed by atoms with Crippen molar-refractivity contribution in [1.82, 2.24) is 9.78 Å². The molecule has 160 valence electrons. The first-order valence-corrected chi connectivity index (χ1v) is 10.0. The van der Waals surface area contributed by atoms with Gasteiger partial charge >= 0.3 is 5.97 Å². The average Bonchev–Trinajstić information content (AvgIpc) is 3.26. The van der Waals surface area contributed by atoms with E-state index in [0.29, 0.717) is 28.2 Å². The van der Waals surface area contributed by atoms with Gasteiger partial charge in [0.25, 0.3) is 5.91 Å². The molecule has 0 saturated carbocycles. The molecule has 0 radical (unpaired) electrons. The van der Waals surface area contributed by atoms with Crippen LogP contribution in [0.2, 0.25) is 0 Å². The van der Waals surface area contributed by atoms with Crippen molar-refractivity contribution >= 4 is 17.6 Å². The molecule has 1 amide bonds. The van der Waals surface area contributed by atoms with E-state index < -0.39 is 5.97 Å². The molecule has 0 atom stereocenters. The summed E-state index contributed by atoms with van der Waals surface area (Å²) >= 11 is 0. The molecule has 4 aromatic rings. The number of rotatable bonds is 6. The number of benzene rings is 3. The highest BCUT2D eigenvalue weighted by molar-refractivity contribution is 6.04. The Morgan fingerprint density at radius 1 is 0.969 bits per heavy atom. The van der Waals surface area contributed by atoms with Crippen molar-refractivity contribution in [3.05, 3.63) is 102 Å². The number of esters is 1. The first-order chi connectivity index (χ1) is 15.5. The van der Waals surface area contributed by atoms with Crippen molar-refractivity contribution in [3.63, 3.8) is 0 Å². The molecule has 32 heavy (non-hydrogen) atoms. The van der Waals surface area contributed by atoms with Crippen LogP contribution in [0.1, 0.15) is 27.8 Å². The van der Waals surface area contributed by atoms with Crippen LogP contribution in [0.3, 0.4) is 0 Å². The third kappa shape index (κ3) is 4.57. The van der Waals surface area contributed by atoms with E-state index in [4.69, 9.17) is 4.74 Å². The van der Waals surface area contributed by atoms with E-state index in [1.165, 1.54) is 12.1 Å². The predicted octanol–water partition coefficient (Wildman–Crippen LogP) is 5.11. The number of hydrogen-bond acceptors (Lipinski definition) is 4. The minimum Gasteiger partial charge on any atom is -0.461 e. The van der Waals surface area contributed by atoms with Gasteiger partial charge in [-0.15, -0.1) is 0 Å². The van der Waals surface area contributed by atoms with Crippen molar-refractivity contribution in [2.45, 2.75) is 6.92 Å². The Labute approximate surface area is 184 Å². The number of nitrogens with zero attached hydrogens (tertiary/aromatic N) is 2. The van der Waals surface area contributed by atoms with E-state index in [0.717, 1.165) is 0 Å². The Balaban J connectivity index is 1.72. The van der Waals surface area contributed by atoms with Crippen molar-refractivity contribution < 1.29 is 18.7 Å². The van der Waals surface area contributed by atoms with Gasteiger partial charge in [0.15, 0.2) is 5.69 Å². The molecule has 0 unspecified atom stereocenters. The quantitative estimate of drug-likeness (QED) is 0.433. The highest BCUT2D eigenvalue weighted by atomic mass is 19.1. The zero-order chi connectivity index (χ0) is 22.5. The lowest BCUT2D eigenvalue weighted by molar-refractivity contribution is 0.0519. The Morgan fingerprint density at radius 3 is 2.44 bits per heavy atom. The average molecular weight is 429 g/mol. The molecule has 0 aliphatic carbocycles. The lowest BCUT2D eigenvalue weighted by Gasteiger charge is -2.10. The summed E-state index contributed by atoms with van der Waals surface area (Å²) in [5, 5.41) is 7.25. The number of carbonyl (C=O) groups excluding carboxylic acids is 2. The van der Waals surface area contributed by atoms with Crippen LogP contribution in [-0.2, 0) is 4.74 Å². The van der Waals surface area contributed by atoms with Gasteiger partial charge in [-0.1, -0.05) is 30.3 Å². The third-order valence-electron chi connectivity index (χ3n) is 4.72. The maximum atomic E-state index is 13.4. The van der Waals surface area contributed by atoms with Crippen molar-refractivity contribution in [2.24, 2.45) is 0 Å². The highest BCUT2D eigenvalue weighted by Gasteiger charge is 2.18. The van der Waals surface area contributed by atoms with E-state index in [1.807, 2.05) is 12.1 Å². The van der Waals surface area contributed by atoms with E-state index >= 15 is 0 Å². The summed E-state index contributed by atoms with van der Waals surface area (Å²) in [6, 6.07) is 23.5. The Morgan fingerprint density at radius 2 is 1.72 bits per heavy atom. The van der Waals surface area contributed by atoms with Gasteiger partial charge in [-0.25, -0.2) is 13.9 Å². The molecule has 0 bridgehead atoms. The standard InChI is InChI=1S/C25H20FN3O3/c1-2-32-25(31)22-16-23(29(28-22)21-13-11-19(26)12-14-21)18-9-6-10-20(15-18)27-24(30)17-7-4-3-5-8-17/h3-16H,2H2,1H3,(H,27,30). The number of aromatic nitrogens is 2. The first kappa shape index (κ1) is 21.0. The highest BCUT2D eigenvalue weighted by Crippen LogP contribution is 2.27. The zero-order valence-corrected chi connectivity index (χ0v) is 17.3. The van der Waals surface area contributed by atoms with E-state index in [9.17, 15) is 14.0 Å². The summed E-state index contributed by atoms with van der Waals surface area (Å²) < 4.78 is 20.1. The van der Waals surface area contributed by atoms with Gasteiger partial charge in [0, 0.05) is 16.8 Å². The molecular weight excluding hydrogens is 409 g/mol. The Hall–Kier alpha value is -4.26. The van der Waals surface area contributed by atoms with Crippen LogP contribution in [0.15, 0.2) is 84.9 Å². The Bertz CT molecular complexity index is 1250. The second-order valence-corrected chi connectivity index (χ2v) is 6.92. The molecule has 0 saturated heterocycles. The van der Waals surface area contributed by atoms with Crippen molar-refractivity contribution in [2.75, 3.05) is 11.9 Å². The summed E-state index contributed by atoms with van der Waals surface area (Å²) in [7, 11) is 0. The molecule has 3 aromatic carbocycles. The topological polar surface area (TPSA) is 73.2 Å². The maximum Gasteiger partial charge on any atom is 0.358 e. The van der Waals surface area contributed by atoms with Gasteiger partial charge in [0.1, 0.15) is 5.82 Å². The second kappa shape index (κ2) is 9.26. The van der Waals surface area contributed by atoms with Crippen LogP contribution in [-0.4, -0.2) is 28.3 Å². The van der Waals surface area contributed by atoms with Crippen molar-refractivity contribution in [1.29, 1.82) is 0 Å². The first-order valence-electron chi connectivity index (χ1n) is 10.0. The number of ether oxygens (including phenoxy) is 1. The van der Waals surface area contributed by atoms with Crippen molar-refractivity contribution in [3.8, 4) is 16.9 Å². The van der Waals surface area contributed by atoms with Gasteiger partial charge < -0.3 is 10.1 Å². The summed E-state index contributed by atoms with van der Waals surface area (Å²) in [5.74, 6) is -1.16. The lowest BCUT2D eigenvalue weighted by Crippen LogP contribution is -2.11. The second-order valence-electron chi connectivity index (χ2n) is 6.92. The minimum absolute atomic E-state index is 0.130. The molecule has 1 N–H and O–H groups in total. The molecule has 4 rings (SSSR count). The monoisotopic (exact) mass is 429 g/mol. The molecule has 6 nitrogen and oxygen atoms in total. The zero-order valence-electron chi connectivity index (χ0n) is 17.3. The van der Waals surface area contributed by atoms with Crippen LogP contribution >= 0.6 is 0 Å². The molecule has 0 aliphatic heterocycles. The van der Waals surface area contributed by atoms with Gasteiger partial charge in [0.2, 0.25) is 0 Å². The molecular formula is C25H20FN3O3. The fraction of sp³-hybridized carbons (Fsp3) is 0.0800.